The zero-order chi connectivity index (χ0) is 35.3. The molecule has 13 heteroatoms. The van der Waals surface area contributed by atoms with E-state index in [1.807, 2.05) is 55.5 Å². The summed E-state index contributed by atoms with van der Waals surface area (Å²) in [6.07, 6.45) is 4.29. The van der Waals surface area contributed by atoms with Crippen molar-refractivity contribution in [3.63, 3.8) is 0 Å². The second-order valence-corrected chi connectivity index (χ2v) is 14.6. The Labute approximate surface area is 297 Å². The molecule has 2 aliphatic heterocycles. The van der Waals surface area contributed by atoms with E-state index in [9.17, 15) is 18.0 Å². The zero-order valence-corrected chi connectivity index (χ0v) is 29.7. The van der Waals surface area contributed by atoms with Crippen LogP contribution < -0.4 is 14.4 Å². The van der Waals surface area contributed by atoms with Crippen molar-refractivity contribution in [2.75, 3.05) is 44.4 Å². The first-order chi connectivity index (χ1) is 24.1. The summed E-state index contributed by atoms with van der Waals surface area (Å²) in [6, 6.07) is 20.0. The Balaban J connectivity index is 1.21. The predicted octanol–water partition coefficient (Wildman–Crippen LogP) is 5.23. The number of carbonyl (C=O) groups is 2. The van der Waals surface area contributed by atoms with Gasteiger partial charge in [-0.3, -0.25) is 9.59 Å². The number of nitrogens with zero attached hydrogens (tertiary/aromatic N) is 4. The number of aromatic nitrogens is 2. The van der Waals surface area contributed by atoms with E-state index in [1.54, 1.807) is 11.8 Å². The van der Waals surface area contributed by atoms with Gasteiger partial charge in [-0.25, -0.2) is 23.1 Å². The maximum Gasteiger partial charge on any atom is 0.268 e. The van der Waals surface area contributed by atoms with E-state index in [4.69, 9.17) is 26.1 Å². The van der Waals surface area contributed by atoms with E-state index in [-0.39, 0.29) is 29.0 Å². The van der Waals surface area contributed by atoms with Crippen LogP contribution in [0.2, 0.25) is 5.02 Å². The smallest absolute Gasteiger partial charge is 0.268 e. The number of sulfonamides is 1. The van der Waals surface area contributed by atoms with Crippen LogP contribution in [-0.4, -0.2) is 74.6 Å². The minimum absolute atomic E-state index is 0.0456. The predicted molar refractivity (Wildman–Crippen MR) is 190 cm³/mol. The molecule has 3 heterocycles. The topological polar surface area (TPSA) is 131 Å². The number of amides is 2. The lowest BCUT2D eigenvalue weighted by Crippen LogP contribution is -2.43. The van der Waals surface area contributed by atoms with Gasteiger partial charge in [-0.05, 0) is 92.1 Å². The monoisotopic (exact) mass is 717 g/mol. The van der Waals surface area contributed by atoms with Crippen LogP contribution in [0.4, 0.5) is 5.95 Å². The Bertz CT molecular complexity index is 1970. The molecule has 262 valence electrons. The molecular formula is C37H40ClN5O6S. The van der Waals surface area contributed by atoms with E-state index in [0.29, 0.717) is 67.1 Å². The van der Waals surface area contributed by atoms with Crippen molar-refractivity contribution in [3.05, 3.63) is 111 Å². The molecular weight excluding hydrogens is 678 g/mol. The van der Waals surface area contributed by atoms with Crippen molar-refractivity contribution in [3.8, 4) is 5.75 Å². The molecule has 1 atom stereocenters. The first-order valence-electron chi connectivity index (χ1n) is 16.7. The van der Waals surface area contributed by atoms with E-state index >= 15 is 0 Å². The molecule has 11 nitrogen and oxygen atoms in total. The number of hydrogen-bond acceptors (Lipinski definition) is 9. The second-order valence-electron chi connectivity index (χ2n) is 12.5. The number of aryl methyl sites for hydroxylation is 4. The van der Waals surface area contributed by atoms with Crippen LogP contribution in [-0.2, 0) is 32.4 Å². The molecule has 3 aromatic carbocycles. The first-order valence-corrected chi connectivity index (χ1v) is 18.5. The largest absolute Gasteiger partial charge is 0.483 e. The fourth-order valence-electron chi connectivity index (χ4n) is 6.34. The highest BCUT2D eigenvalue weighted by Gasteiger charge is 2.30. The van der Waals surface area contributed by atoms with Crippen LogP contribution in [0.25, 0.3) is 0 Å². The number of rotatable bonds is 11. The normalized spacial score (nSPS) is 16.3. The summed E-state index contributed by atoms with van der Waals surface area (Å²) in [5.74, 6) is -0.132. The van der Waals surface area contributed by atoms with Crippen molar-refractivity contribution >= 4 is 39.4 Å². The summed E-state index contributed by atoms with van der Waals surface area (Å²) in [4.78, 5) is 39.4. The van der Waals surface area contributed by atoms with Gasteiger partial charge in [0.05, 0.1) is 35.4 Å². The maximum absolute atomic E-state index is 13.7. The number of anilines is 1. The van der Waals surface area contributed by atoms with Gasteiger partial charge in [0.1, 0.15) is 5.75 Å². The third-order valence-electron chi connectivity index (χ3n) is 9.16. The highest BCUT2D eigenvalue weighted by atomic mass is 35.5. The Morgan fingerprint density at radius 3 is 2.48 bits per heavy atom. The fourth-order valence-corrected chi connectivity index (χ4v) is 7.51. The van der Waals surface area contributed by atoms with Gasteiger partial charge in [0.25, 0.3) is 21.8 Å². The Morgan fingerprint density at radius 1 is 0.980 bits per heavy atom. The number of morpholine rings is 1. The molecule has 0 aliphatic carbocycles. The third kappa shape index (κ3) is 8.26. The van der Waals surface area contributed by atoms with Crippen LogP contribution in [0.15, 0.2) is 77.8 Å². The molecule has 6 rings (SSSR count). The van der Waals surface area contributed by atoms with Crippen molar-refractivity contribution in [1.29, 1.82) is 0 Å². The van der Waals surface area contributed by atoms with Gasteiger partial charge in [-0.2, -0.15) is 0 Å². The van der Waals surface area contributed by atoms with Gasteiger partial charge in [0.2, 0.25) is 5.95 Å². The molecule has 2 saturated heterocycles. The molecule has 2 aliphatic rings. The minimum Gasteiger partial charge on any atom is -0.483 e. The second kappa shape index (κ2) is 15.6. The van der Waals surface area contributed by atoms with E-state index < -0.39 is 15.9 Å². The molecule has 4 aromatic rings. The van der Waals surface area contributed by atoms with Crippen LogP contribution in [0.5, 0.6) is 5.75 Å². The van der Waals surface area contributed by atoms with Gasteiger partial charge in [0, 0.05) is 30.9 Å². The molecule has 2 fully saturated rings. The lowest BCUT2D eigenvalue weighted by molar-refractivity contribution is -0.137. The number of ether oxygens (including phenoxy) is 2. The first kappa shape index (κ1) is 35.3. The maximum atomic E-state index is 13.7. The number of benzene rings is 3. The SMILES string of the molecule is Cc1ccccc1CCc1nc(N2CCC[C@@H]2c2ccc(Cl)cc2)ncc1C(=O)NS(=O)(=O)c1ccc(OCC(=O)N2CCOCC2)c(C)c1. The summed E-state index contributed by atoms with van der Waals surface area (Å²) in [5, 5.41) is 0.661. The zero-order valence-electron chi connectivity index (χ0n) is 28.1. The van der Waals surface area contributed by atoms with Crippen LogP contribution in [0.3, 0.4) is 0 Å². The third-order valence-corrected chi connectivity index (χ3v) is 10.7. The number of halogens is 1. The fraction of sp³-hybridized carbons (Fsp3) is 0.351. The van der Waals surface area contributed by atoms with Crippen molar-refractivity contribution in [2.45, 2.75) is 50.5 Å². The van der Waals surface area contributed by atoms with Gasteiger partial charge < -0.3 is 19.3 Å². The molecule has 50 heavy (non-hydrogen) atoms. The molecule has 0 radical (unpaired) electrons. The molecule has 0 unspecified atom stereocenters. The average molecular weight is 718 g/mol. The summed E-state index contributed by atoms with van der Waals surface area (Å²) in [7, 11) is -4.28. The highest BCUT2D eigenvalue weighted by molar-refractivity contribution is 7.90. The average Bonchev–Trinajstić information content (AvgIpc) is 3.61. The quantitative estimate of drug-likeness (QED) is 0.222. The van der Waals surface area contributed by atoms with E-state index in [1.165, 1.54) is 24.4 Å². The number of hydrogen-bond donors (Lipinski definition) is 1. The molecule has 1 aromatic heterocycles. The van der Waals surface area contributed by atoms with Gasteiger partial charge in [-0.1, -0.05) is 48.0 Å². The van der Waals surface area contributed by atoms with Crippen LogP contribution >= 0.6 is 11.6 Å². The van der Waals surface area contributed by atoms with Gasteiger partial charge >= 0.3 is 0 Å². The van der Waals surface area contributed by atoms with Gasteiger partial charge in [-0.15, -0.1) is 0 Å². The summed E-state index contributed by atoms with van der Waals surface area (Å²) in [6.45, 7) is 6.24. The lowest BCUT2D eigenvalue weighted by Gasteiger charge is -2.26. The van der Waals surface area contributed by atoms with Crippen LogP contribution in [0.1, 0.15) is 57.2 Å². The van der Waals surface area contributed by atoms with E-state index in [0.717, 1.165) is 36.1 Å². The minimum atomic E-state index is -4.28. The summed E-state index contributed by atoms with van der Waals surface area (Å²) < 4.78 is 40.2. The molecule has 2 amide bonds. The number of carbonyl (C=O) groups excluding carboxylic acids is 2. The molecule has 0 saturated carbocycles. The lowest BCUT2D eigenvalue weighted by atomic mass is 10.0. The highest BCUT2D eigenvalue weighted by Crippen LogP contribution is 2.35. The summed E-state index contributed by atoms with van der Waals surface area (Å²) in [5.41, 5.74) is 4.37. The van der Waals surface area contributed by atoms with Gasteiger partial charge in [0.15, 0.2) is 6.61 Å². The van der Waals surface area contributed by atoms with E-state index in [2.05, 4.69) is 14.6 Å². The van der Waals surface area contributed by atoms with Crippen molar-refractivity contribution in [2.24, 2.45) is 0 Å². The summed E-state index contributed by atoms with van der Waals surface area (Å²) >= 11 is 6.14. The molecule has 0 bridgehead atoms. The van der Waals surface area contributed by atoms with Crippen molar-refractivity contribution in [1.82, 2.24) is 19.6 Å². The Hall–Kier alpha value is -4.52. The Kier molecular flexibility index (Phi) is 11.0. The Morgan fingerprint density at radius 2 is 1.74 bits per heavy atom. The number of nitrogens with one attached hydrogen (secondary N) is 1. The molecule has 1 N–H and O–H groups in total. The van der Waals surface area contributed by atoms with Crippen molar-refractivity contribution < 1.29 is 27.5 Å². The van der Waals surface area contributed by atoms with Crippen LogP contribution in [0, 0.1) is 13.8 Å². The molecule has 0 spiro atoms. The standard InChI is InChI=1S/C37H40ClN5O6S/c1-25-6-3-4-7-27(25)11-15-32-31(23-39-37(40-32)43-17-5-8-33(43)28-9-12-29(38)13-10-28)36(45)41-50(46,47)30-14-16-34(26(2)22-30)49-24-35(44)42-18-20-48-21-19-42/h3-4,6-7,9-10,12-14,16,22-23,33H,5,8,11,15,17-21,24H2,1-2H3,(H,41,45)/t33-/m1/s1.